The zero-order valence-corrected chi connectivity index (χ0v) is 20.5. The van der Waals surface area contributed by atoms with E-state index in [0.717, 1.165) is 38.9 Å². The lowest BCUT2D eigenvalue weighted by Gasteiger charge is -2.35. The van der Waals surface area contributed by atoms with Gasteiger partial charge < -0.3 is 34.6 Å². The summed E-state index contributed by atoms with van der Waals surface area (Å²) in [5.41, 5.74) is -0.00962. The highest BCUT2D eigenvalue weighted by atomic mass is 16.6. The van der Waals surface area contributed by atoms with Gasteiger partial charge in [0.2, 0.25) is 5.91 Å². The number of hydrogen-bond acceptors (Lipinski definition) is 8. The number of ether oxygens (including phenoxy) is 3. The normalized spacial score (nSPS) is 26.4. The van der Waals surface area contributed by atoms with Crippen molar-refractivity contribution in [3.05, 3.63) is 23.8 Å². The lowest BCUT2D eigenvalue weighted by molar-refractivity contribution is -0.126. The van der Waals surface area contributed by atoms with E-state index in [0.29, 0.717) is 76.0 Å². The summed E-state index contributed by atoms with van der Waals surface area (Å²) in [7, 11) is 0. The number of β-amino-alcohol motifs (C(OH)–C–C–N with tert-alkyl or cyclic N) is 1. The number of carbonyl (C=O) groups is 1. The Hall–Kier alpha value is -1.91. The van der Waals surface area contributed by atoms with Gasteiger partial charge in [-0.25, -0.2) is 0 Å². The summed E-state index contributed by atoms with van der Waals surface area (Å²) >= 11 is 0. The Morgan fingerprint density at radius 2 is 1.80 bits per heavy atom. The third-order valence-electron chi connectivity index (χ3n) is 7.85. The fourth-order valence-corrected chi connectivity index (χ4v) is 5.76. The second-order valence-corrected chi connectivity index (χ2v) is 10.5. The molecule has 0 aliphatic carbocycles. The molecular formula is C26H39N3O6. The van der Waals surface area contributed by atoms with Gasteiger partial charge in [-0.2, -0.15) is 0 Å². The number of fused-ring (bicyclic) bond motifs is 1. The van der Waals surface area contributed by atoms with E-state index >= 15 is 0 Å². The number of amides is 1. The zero-order chi connectivity index (χ0) is 24.3. The van der Waals surface area contributed by atoms with Crippen LogP contribution >= 0.6 is 0 Å². The fraction of sp³-hybridized carbons (Fsp3) is 0.731. The molecule has 3 N–H and O–H groups in total. The van der Waals surface area contributed by atoms with E-state index in [1.54, 1.807) is 0 Å². The lowest BCUT2D eigenvalue weighted by atomic mass is 9.94. The van der Waals surface area contributed by atoms with Crippen molar-refractivity contribution in [1.29, 1.82) is 0 Å². The van der Waals surface area contributed by atoms with Crippen molar-refractivity contribution < 1.29 is 29.2 Å². The molecule has 3 saturated heterocycles. The first kappa shape index (κ1) is 24.8. The number of nitrogens with one attached hydrogen (secondary N) is 1. The van der Waals surface area contributed by atoms with Gasteiger partial charge in [0, 0.05) is 45.7 Å². The Labute approximate surface area is 207 Å². The van der Waals surface area contributed by atoms with Crippen molar-refractivity contribution >= 4 is 5.91 Å². The maximum atomic E-state index is 13.3. The number of likely N-dealkylation sites (tertiary alicyclic amines) is 2. The van der Waals surface area contributed by atoms with Gasteiger partial charge in [0.05, 0.1) is 17.6 Å². The molecule has 0 saturated carbocycles. The molecule has 0 radical (unpaired) electrons. The smallest absolute Gasteiger partial charge is 0.224 e. The standard InChI is InChI=1S/C26H39N3O6/c30-24(19-3-4-22-23(15-19)35-14-13-34-22)21(17-28-8-1-2-9-28)27-25(31)20-5-10-29(16-20)18-26(32)6-11-33-12-7-26/h3-4,15,20-21,24,30,32H,1-2,5-14,16-18H2,(H,27,31)/t20-,21?,24?/m1/s1. The summed E-state index contributed by atoms with van der Waals surface area (Å²) in [6, 6.07) is 5.09. The van der Waals surface area contributed by atoms with Gasteiger partial charge in [-0.1, -0.05) is 6.07 Å². The van der Waals surface area contributed by atoms with Crippen molar-refractivity contribution in [1.82, 2.24) is 15.1 Å². The molecule has 4 aliphatic rings. The van der Waals surface area contributed by atoms with Crippen LogP contribution in [0.15, 0.2) is 18.2 Å². The van der Waals surface area contributed by atoms with E-state index in [2.05, 4.69) is 15.1 Å². The molecule has 3 fully saturated rings. The number of hydrogen-bond donors (Lipinski definition) is 3. The molecule has 2 unspecified atom stereocenters. The average molecular weight is 490 g/mol. The van der Waals surface area contributed by atoms with Gasteiger partial charge in [0.15, 0.2) is 11.5 Å². The molecule has 4 aliphatic heterocycles. The molecule has 3 atom stereocenters. The summed E-state index contributed by atoms with van der Waals surface area (Å²) in [5, 5.41) is 25.4. The van der Waals surface area contributed by atoms with E-state index in [1.165, 1.54) is 0 Å². The fourth-order valence-electron chi connectivity index (χ4n) is 5.76. The molecule has 35 heavy (non-hydrogen) atoms. The molecule has 0 spiro atoms. The van der Waals surface area contributed by atoms with Crippen molar-refractivity contribution in [3.8, 4) is 11.5 Å². The van der Waals surface area contributed by atoms with Crippen LogP contribution in [-0.2, 0) is 9.53 Å². The van der Waals surface area contributed by atoms with E-state index in [1.807, 2.05) is 18.2 Å². The summed E-state index contributed by atoms with van der Waals surface area (Å²) in [4.78, 5) is 17.8. The molecule has 5 rings (SSSR count). The number of aliphatic hydroxyl groups excluding tert-OH is 1. The minimum atomic E-state index is -0.851. The zero-order valence-electron chi connectivity index (χ0n) is 20.5. The predicted molar refractivity (Wildman–Crippen MR) is 130 cm³/mol. The van der Waals surface area contributed by atoms with E-state index in [-0.39, 0.29) is 11.8 Å². The SMILES string of the molecule is O=C(NC(CN1CCCC1)C(O)c1ccc2c(c1)OCCO2)[C@@H]1CCN(CC2(O)CCOCC2)C1. The van der Waals surface area contributed by atoms with Crippen LogP contribution in [0.1, 0.15) is 43.8 Å². The summed E-state index contributed by atoms with van der Waals surface area (Å²) in [6.07, 6.45) is 3.48. The minimum Gasteiger partial charge on any atom is -0.486 e. The Bertz CT molecular complexity index is 871. The minimum absolute atomic E-state index is 0.0211. The van der Waals surface area contributed by atoms with E-state index in [4.69, 9.17) is 14.2 Å². The van der Waals surface area contributed by atoms with Crippen LogP contribution < -0.4 is 14.8 Å². The van der Waals surface area contributed by atoms with Crippen LogP contribution in [0, 0.1) is 5.92 Å². The number of rotatable bonds is 8. The van der Waals surface area contributed by atoms with Crippen molar-refractivity contribution in [2.24, 2.45) is 5.92 Å². The summed E-state index contributed by atoms with van der Waals surface area (Å²) in [6.45, 7) is 6.77. The maximum absolute atomic E-state index is 13.3. The molecule has 1 aromatic carbocycles. The summed E-state index contributed by atoms with van der Waals surface area (Å²) in [5.74, 6) is 1.15. The monoisotopic (exact) mass is 489 g/mol. The van der Waals surface area contributed by atoms with Crippen LogP contribution in [0.4, 0.5) is 0 Å². The number of carbonyl (C=O) groups excluding carboxylic acids is 1. The average Bonchev–Trinajstić information content (AvgIpc) is 3.55. The van der Waals surface area contributed by atoms with Crippen LogP contribution in [0.5, 0.6) is 11.5 Å². The van der Waals surface area contributed by atoms with Crippen molar-refractivity contribution in [2.75, 3.05) is 65.7 Å². The summed E-state index contributed by atoms with van der Waals surface area (Å²) < 4.78 is 16.7. The highest BCUT2D eigenvalue weighted by Crippen LogP contribution is 2.34. The first-order chi connectivity index (χ1) is 17.0. The first-order valence-electron chi connectivity index (χ1n) is 13.1. The molecule has 1 amide bonds. The second-order valence-electron chi connectivity index (χ2n) is 10.5. The second kappa shape index (κ2) is 11.0. The third-order valence-corrected chi connectivity index (χ3v) is 7.85. The lowest BCUT2D eigenvalue weighted by Crippen LogP contribution is -2.49. The van der Waals surface area contributed by atoms with Crippen molar-refractivity contribution in [3.63, 3.8) is 0 Å². The largest absolute Gasteiger partial charge is 0.486 e. The number of nitrogens with zero attached hydrogens (tertiary/aromatic N) is 2. The van der Waals surface area contributed by atoms with Gasteiger partial charge in [0.1, 0.15) is 19.3 Å². The van der Waals surface area contributed by atoms with Crippen LogP contribution in [0.3, 0.4) is 0 Å². The Morgan fingerprint density at radius 1 is 1.06 bits per heavy atom. The van der Waals surface area contributed by atoms with Crippen LogP contribution in [0.25, 0.3) is 0 Å². The molecule has 9 nitrogen and oxygen atoms in total. The van der Waals surface area contributed by atoms with E-state index < -0.39 is 17.7 Å². The third kappa shape index (κ3) is 6.09. The Balaban J connectivity index is 1.23. The van der Waals surface area contributed by atoms with Gasteiger partial charge in [-0.15, -0.1) is 0 Å². The van der Waals surface area contributed by atoms with Gasteiger partial charge in [0.25, 0.3) is 0 Å². The van der Waals surface area contributed by atoms with Crippen molar-refractivity contribution in [2.45, 2.75) is 49.9 Å². The molecule has 9 heteroatoms. The molecule has 0 bridgehead atoms. The first-order valence-corrected chi connectivity index (χ1v) is 13.1. The molecule has 194 valence electrons. The quantitative estimate of drug-likeness (QED) is 0.496. The maximum Gasteiger partial charge on any atom is 0.224 e. The highest BCUT2D eigenvalue weighted by molar-refractivity contribution is 5.79. The topological polar surface area (TPSA) is 104 Å². The highest BCUT2D eigenvalue weighted by Gasteiger charge is 2.37. The molecule has 0 aromatic heterocycles. The van der Waals surface area contributed by atoms with Crippen LogP contribution in [-0.4, -0.2) is 103 Å². The molecule has 1 aromatic rings. The van der Waals surface area contributed by atoms with E-state index in [9.17, 15) is 15.0 Å². The molecule has 4 heterocycles. The number of aliphatic hydroxyl groups is 2. The Morgan fingerprint density at radius 3 is 2.57 bits per heavy atom. The van der Waals surface area contributed by atoms with Crippen LogP contribution in [0.2, 0.25) is 0 Å². The number of benzene rings is 1. The predicted octanol–water partition coefficient (Wildman–Crippen LogP) is 0.935. The van der Waals surface area contributed by atoms with Gasteiger partial charge >= 0.3 is 0 Å². The van der Waals surface area contributed by atoms with Gasteiger partial charge in [-0.3, -0.25) is 9.69 Å². The Kier molecular flexibility index (Phi) is 7.79. The van der Waals surface area contributed by atoms with Gasteiger partial charge in [-0.05, 0) is 56.6 Å². The molecular weight excluding hydrogens is 450 g/mol.